The molecule has 0 saturated carbocycles. The van der Waals surface area contributed by atoms with E-state index >= 15 is 0 Å². The van der Waals surface area contributed by atoms with E-state index in [1.165, 1.54) is 29.9 Å². The summed E-state index contributed by atoms with van der Waals surface area (Å²) in [6.07, 6.45) is 3.58. The van der Waals surface area contributed by atoms with Gasteiger partial charge in [0.2, 0.25) is 0 Å². The maximum Gasteiger partial charge on any atom is 0.161 e. The van der Waals surface area contributed by atoms with Crippen LogP contribution in [-0.2, 0) is 0 Å². The van der Waals surface area contributed by atoms with Crippen molar-refractivity contribution in [2.45, 2.75) is 38.3 Å². The maximum absolute atomic E-state index is 5.77. The van der Waals surface area contributed by atoms with Gasteiger partial charge in [-0.1, -0.05) is 6.07 Å². The van der Waals surface area contributed by atoms with Gasteiger partial charge in [-0.3, -0.25) is 0 Å². The molecule has 2 atom stereocenters. The second-order valence-electron chi connectivity index (χ2n) is 5.56. The molecule has 0 bridgehead atoms. The van der Waals surface area contributed by atoms with Crippen molar-refractivity contribution in [1.82, 2.24) is 5.32 Å². The molecule has 1 aromatic rings. The van der Waals surface area contributed by atoms with Gasteiger partial charge in [0.05, 0.1) is 13.2 Å². The minimum atomic E-state index is 0.357. The van der Waals surface area contributed by atoms with Gasteiger partial charge in [0, 0.05) is 24.3 Å². The predicted molar refractivity (Wildman–Crippen MR) is 83.9 cm³/mol. The fourth-order valence-electron chi connectivity index (χ4n) is 2.77. The first-order valence-corrected chi connectivity index (χ1v) is 8.72. The summed E-state index contributed by atoms with van der Waals surface area (Å²) in [7, 11) is 0. The summed E-state index contributed by atoms with van der Waals surface area (Å²) >= 11 is 2.06. The van der Waals surface area contributed by atoms with Crippen LogP contribution >= 0.6 is 11.8 Å². The van der Waals surface area contributed by atoms with Crippen LogP contribution in [0.5, 0.6) is 11.5 Å². The van der Waals surface area contributed by atoms with Gasteiger partial charge in [0.15, 0.2) is 11.5 Å². The van der Waals surface area contributed by atoms with Crippen LogP contribution in [0.1, 0.15) is 37.8 Å². The van der Waals surface area contributed by atoms with Crippen molar-refractivity contribution < 1.29 is 9.47 Å². The normalized spacial score (nSPS) is 23.9. The zero-order valence-corrected chi connectivity index (χ0v) is 12.9. The van der Waals surface area contributed by atoms with Crippen LogP contribution < -0.4 is 14.8 Å². The highest BCUT2D eigenvalue weighted by molar-refractivity contribution is 7.99. The highest BCUT2D eigenvalue weighted by atomic mass is 32.2. The van der Waals surface area contributed by atoms with Gasteiger partial charge in [-0.2, -0.15) is 11.8 Å². The molecule has 2 aliphatic rings. The van der Waals surface area contributed by atoms with E-state index in [4.69, 9.17) is 9.47 Å². The van der Waals surface area contributed by atoms with E-state index in [1.807, 2.05) is 6.07 Å². The summed E-state index contributed by atoms with van der Waals surface area (Å²) in [6, 6.07) is 7.33. The molecular weight excluding hydrogens is 270 g/mol. The van der Waals surface area contributed by atoms with Gasteiger partial charge in [0.25, 0.3) is 0 Å². The summed E-state index contributed by atoms with van der Waals surface area (Å²) in [5.74, 6) is 4.32. The van der Waals surface area contributed by atoms with Crippen LogP contribution in [0.4, 0.5) is 0 Å². The predicted octanol–water partition coefficient (Wildman–Crippen LogP) is 3.39. The Balaban J connectivity index is 1.67. The molecular formula is C16H23NO2S. The van der Waals surface area contributed by atoms with Gasteiger partial charge in [-0.05, 0) is 43.2 Å². The van der Waals surface area contributed by atoms with Gasteiger partial charge < -0.3 is 14.8 Å². The Bertz CT molecular complexity index is 446. The number of hydrogen-bond donors (Lipinski definition) is 1. The number of benzene rings is 1. The number of hydrogen-bond acceptors (Lipinski definition) is 4. The summed E-state index contributed by atoms with van der Waals surface area (Å²) in [6.45, 7) is 3.73. The zero-order chi connectivity index (χ0) is 13.8. The number of nitrogens with one attached hydrogen (secondary N) is 1. The van der Waals surface area contributed by atoms with E-state index in [2.05, 4.69) is 36.1 Å². The molecule has 0 spiro atoms. The largest absolute Gasteiger partial charge is 0.490 e. The molecule has 3 rings (SSSR count). The van der Waals surface area contributed by atoms with Crippen molar-refractivity contribution >= 4 is 11.8 Å². The van der Waals surface area contributed by atoms with Crippen molar-refractivity contribution in [2.75, 3.05) is 24.7 Å². The molecule has 110 valence electrons. The number of fused-ring (bicyclic) bond motifs is 1. The summed E-state index contributed by atoms with van der Waals surface area (Å²) in [4.78, 5) is 0. The lowest BCUT2D eigenvalue weighted by molar-refractivity contribution is 0.297. The first-order valence-electron chi connectivity index (χ1n) is 7.56. The Hall–Kier alpha value is -0.870. The second kappa shape index (κ2) is 6.72. The fraction of sp³-hybridized carbons (Fsp3) is 0.625. The Morgan fingerprint density at radius 2 is 2.05 bits per heavy atom. The van der Waals surface area contributed by atoms with Crippen molar-refractivity contribution in [1.29, 1.82) is 0 Å². The molecule has 0 amide bonds. The van der Waals surface area contributed by atoms with E-state index in [9.17, 15) is 0 Å². The molecule has 2 aliphatic heterocycles. The van der Waals surface area contributed by atoms with Crippen LogP contribution in [-0.4, -0.2) is 30.8 Å². The first kappa shape index (κ1) is 14.1. The molecule has 2 unspecified atom stereocenters. The van der Waals surface area contributed by atoms with Crippen LogP contribution in [0.25, 0.3) is 0 Å². The Kier molecular flexibility index (Phi) is 4.73. The second-order valence-corrected chi connectivity index (χ2v) is 6.71. The lowest BCUT2D eigenvalue weighted by Gasteiger charge is -2.26. The smallest absolute Gasteiger partial charge is 0.161 e. The Morgan fingerprint density at radius 3 is 2.85 bits per heavy atom. The van der Waals surface area contributed by atoms with E-state index in [0.29, 0.717) is 12.1 Å². The van der Waals surface area contributed by atoms with E-state index in [0.717, 1.165) is 31.1 Å². The summed E-state index contributed by atoms with van der Waals surface area (Å²) in [5, 5.41) is 3.74. The minimum Gasteiger partial charge on any atom is -0.490 e. The van der Waals surface area contributed by atoms with Crippen molar-refractivity contribution in [3.05, 3.63) is 23.8 Å². The van der Waals surface area contributed by atoms with Crippen molar-refractivity contribution in [2.24, 2.45) is 0 Å². The molecule has 0 aliphatic carbocycles. The monoisotopic (exact) mass is 293 g/mol. The third-order valence-corrected chi connectivity index (χ3v) is 5.13. The van der Waals surface area contributed by atoms with Gasteiger partial charge in [0.1, 0.15) is 0 Å². The van der Waals surface area contributed by atoms with Crippen LogP contribution in [0, 0.1) is 0 Å². The highest BCUT2D eigenvalue weighted by Gasteiger charge is 2.18. The third-order valence-electron chi connectivity index (χ3n) is 3.92. The average molecular weight is 293 g/mol. The summed E-state index contributed by atoms with van der Waals surface area (Å²) in [5.41, 5.74) is 1.28. The molecule has 3 nitrogen and oxygen atoms in total. The Labute approximate surface area is 125 Å². The maximum atomic E-state index is 5.77. The van der Waals surface area contributed by atoms with E-state index in [-0.39, 0.29) is 0 Å². The molecule has 0 aromatic heterocycles. The first-order chi connectivity index (χ1) is 9.83. The molecule has 0 radical (unpaired) electrons. The molecule has 20 heavy (non-hydrogen) atoms. The van der Waals surface area contributed by atoms with Gasteiger partial charge >= 0.3 is 0 Å². The SMILES string of the molecule is CC(NC1CCCSC1)c1ccc2c(c1)OCCCO2. The highest BCUT2D eigenvalue weighted by Crippen LogP contribution is 2.32. The molecule has 2 heterocycles. The molecule has 1 aromatic carbocycles. The topological polar surface area (TPSA) is 30.5 Å². The number of thioether (sulfide) groups is 1. The minimum absolute atomic E-state index is 0.357. The molecule has 1 saturated heterocycles. The van der Waals surface area contributed by atoms with Crippen LogP contribution in [0.3, 0.4) is 0 Å². The van der Waals surface area contributed by atoms with Crippen molar-refractivity contribution in [3.63, 3.8) is 0 Å². The number of rotatable bonds is 3. The Morgan fingerprint density at radius 1 is 1.20 bits per heavy atom. The van der Waals surface area contributed by atoms with E-state index in [1.54, 1.807) is 0 Å². The van der Waals surface area contributed by atoms with Gasteiger partial charge in [-0.25, -0.2) is 0 Å². The average Bonchev–Trinajstić information content (AvgIpc) is 2.72. The molecule has 1 N–H and O–H groups in total. The summed E-state index contributed by atoms with van der Waals surface area (Å²) < 4.78 is 11.5. The third kappa shape index (κ3) is 3.41. The quantitative estimate of drug-likeness (QED) is 0.925. The van der Waals surface area contributed by atoms with Crippen LogP contribution in [0.2, 0.25) is 0 Å². The fourth-order valence-corrected chi connectivity index (χ4v) is 3.86. The number of ether oxygens (including phenoxy) is 2. The lowest BCUT2D eigenvalue weighted by Crippen LogP contribution is -2.35. The zero-order valence-electron chi connectivity index (χ0n) is 12.1. The standard InChI is InChI=1S/C16H23NO2S/c1-12(17-14-4-2-9-20-11-14)13-5-6-15-16(10-13)19-8-3-7-18-15/h5-6,10,12,14,17H,2-4,7-9,11H2,1H3. The molecule has 4 heteroatoms. The van der Waals surface area contributed by atoms with Crippen molar-refractivity contribution in [3.8, 4) is 11.5 Å². The molecule has 1 fully saturated rings. The van der Waals surface area contributed by atoms with Gasteiger partial charge in [-0.15, -0.1) is 0 Å². The lowest BCUT2D eigenvalue weighted by atomic mass is 10.1. The van der Waals surface area contributed by atoms with Crippen LogP contribution in [0.15, 0.2) is 18.2 Å². The van der Waals surface area contributed by atoms with E-state index < -0.39 is 0 Å².